The molecule has 0 heterocycles. The SMILES string of the molecule is CC(O)(CNC(=O)C=Cc1ccc(C(N)=O)cc1)C(=O)O. The van der Waals surface area contributed by atoms with Gasteiger partial charge in [0.05, 0.1) is 6.54 Å². The molecule has 0 aliphatic carbocycles. The van der Waals surface area contributed by atoms with E-state index < -0.39 is 29.9 Å². The average molecular weight is 292 g/mol. The van der Waals surface area contributed by atoms with Crippen LogP contribution in [-0.2, 0) is 9.59 Å². The number of nitrogens with one attached hydrogen (secondary N) is 1. The van der Waals surface area contributed by atoms with Gasteiger partial charge in [-0.3, -0.25) is 9.59 Å². The number of primary amides is 1. The first kappa shape index (κ1) is 16.4. The number of benzene rings is 1. The van der Waals surface area contributed by atoms with E-state index in [1.807, 2.05) is 0 Å². The molecule has 1 aromatic rings. The fraction of sp³-hybridized carbons (Fsp3) is 0.214. The predicted molar refractivity (Wildman–Crippen MR) is 75.3 cm³/mol. The Morgan fingerprint density at radius 2 is 1.86 bits per heavy atom. The lowest BCUT2D eigenvalue weighted by atomic mass is 10.1. The summed E-state index contributed by atoms with van der Waals surface area (Å²) in [5.41, 5.74) is 4.10. The zero-order valence-electron chi connectivity index (χ0n) is 11.4. The monoisotopic (exact) mass is 292 g/mol. The van der Waals surface area contributed by atoms with Gasteiger partial charge in [-0.25, -0.2) is 4.79 Å². The summed E-state index contributed by atoms with van der Waals surface area (Å²) in [6, 6.07) is 6.26. The zero-order valence-corrected chi connectivity index (χ0v) is 11.4. The van der Waals surface area contributed by atoms with Gasteiger partial charge in [-0.15, -0.1) is 0 Å². The highest BCUT2D eigenvalue weighted by atomic mass is 16.4. The van der Waals surface area contributed by atoms with E-state index in [0.29, 0.717) is 11.1 Å². The molecule has 7 heteroatoms. The van der Waals surface area contributed by atoms with E-state index in [1.54, 1.807) is 12.1 Å². The van der Waals surface area contributed by atoms with E-state index in [4.69, 9.17) is 10.8 Å². The molecule has 0 aliphatic heterocycles. The van der Waals surface area contributed by atoms with Gasteiger partial charge < -0.3 is 21.3 Å². The van der Waals surface area contributed by atoms with Crippen molar-refractivity contribution in [3.05, 3.63) is 41.5 Å². The van der Waals surface area contributed by atoms with E-state index in [2.05, 4.69) is 5.32 Å². The molecule has 0 saturated carbocycles. The van der Waals surface area contributed by atoms with Crippen molar-refractivity contribution in [2.24, 2.45) is 5.73 Å². The zero-order chi connectivity index (χ0) is 16.0. The van der Waals surface area contributed by atoms with Crippen LogP contribution in [0.1, 0.15) is 22.8 Å². The Hall–Kier alpha value is -2.67. The third-order valence-electron chi connectivity index (χ3n) is 2.69. The minimum atomic E-state index is -2.02. The summed E-state index contributed by atoms with van der Waals surface area (Å²) in [4.78, 5) is 33.0. The molecule has 0 fully saturated rings. The van der Waals surface area contributed by atoms with Crippen LogP contribution in [0.5, 0.6) is 0 Å². The van der Waals surface area contributed by atoms with E-state index in [1.165, 1.54) is 24.3 Å². The topological polar surface area (TPSA) is 130 Å². The number of aliphatic carboxylic acids is 1. The number of carboxylic acid groups (broad SMARTS) is 1. The second-order valence-corrected chi connectivity index (χ2v) is 4.62. The average Bonchev–Trinajstić information content (AvgIpc) is 2.43. The summed E-state index contributed by atoms with van der Waals surface area (Å²) in [5, 5.41) is 20.4. The molecule has 0 saturated heterocycles. The number of carbonyl (C=O) groups excluding carboxylic acids is 2. The van der Waals surface area contributed by atoms with Crippen LogP contribution in [0.25, 0.3) is 6.08 Å². The van der Waals surface area contributed by atoms with Gasteiger partial charge in [0.1, 0.15) is 0 Å². The Labute approximate surface area is 121 Å². The maximum absolute atomic E-state index is 11.5. The van der Waals surface area contributed by atoms with Crippen molar-refractivity contribution in [3.8, 4) is 0 Å². The molecule has 0 radical (unpaired) electrons. The maximum Gasteiger partial charge on any atom is 0.337 e. The van der Waals surface area contributed by atoms with Crippen LogP contribution in [-0.4, -0.2) is 40.1 Å². The van der Waals surface area contributed by atoms with E-state index in [9.17, 15) is 19.5 Å². The Kier molecular flexibility index (Phi) is 5.20. The molecular formula is C14H16N2O5. The second-order valence-electron chi connectivity index (χ2n) is 4.62. The fourth-order valence-corrected chi connectivity index (χ4v) is 1.32. The van der Waals surface area contributed by atoms with Crippen LogP contribution in [0.4, 0.5) is 0 Å². The predicted octanol–water partition coefficient (Wildman–Crippen LogP) is -0.250. The van der Waals surface area contributed by atoms with Crippen LogP contribution < -0.4 is 11.1 Å². The number of nitrogens with two attached hydrogens (primary N) is 1. The third-order valence-corrected chi connectivity index (χ3v) is 2.69. The number of aliphatic hydroxyl groups is 1. The van der Waals surface area contributed by atoms with E-state index >= 15 is 0 Å². The number of hydrogen-bond donors (Lipinski definition) is 4. The quantitative estimate of drug-likeness (QED) is 0.537. The molecule has 0 spiro atoms. The van der Waals surface area contributed by atoms with Gasteiger partial charge in [-0.1, -0.05) is 12.1 Å². The van der Waals surface area contributed by atoms with Crippen LogP contribution in [0.15, 0.2) is 30.3 Å². The van der Waals surface area contributed by atoms with Crippen molar-refractivity contribution < 1.29 is 24.6 Å². The normalized spacial score (nSPS) is 13.6. The summed E-state index contributed by atoms with van der Waals surface area (Å²) in [7, 11) is 0. The first-order chi connectivity index (χ1) is 9.72. The Morgan fingerprint density at radius 3 is 2.33 bits per heavy atom. The summed E-state index contributed by atoms with van der Waals surface area (Å²) < 4.78 is 0. The smallest absolute Gasteiger partial charge is 0.337 e. The van der Waals surface area contributed by atoms with Gasteiger partial charge in [0.15, 0.2) is 5.60 Å². The summed E-state index contributed by atoms with van der Waals surface area (Å²) in [6.45, 7) is 0.675. The molecule has 7 nitrogen and oxygen atoms in total. The lowest BCUT2D eigenvalue weighted by molar-refractivity contribution is -0.156. The number of carbonyl (C=O) groups is 3. The van der Waals surface area contributed by atoms with Crippen LogP contribution in [0.2, 0.25) is 0 Å². The van der Waals surface area contributed by atoms with Gasteiger partial charge in [-0.2, -0.15) is 0 Å². The molecule has 0 aliphatic rings. The first-order valence-corrected chi connectivity index (χ1v) is 6.04. The highest BCUT2D eigenvalue weighted by Crippen LogP contribution is 2.06. The molecule has 1 atom stereocenters. The van der Waals surface area contributed by atoms with Crippen molar-refractivity contribution in [2.45, 2.75) is 12.5 Å². The van der Waals surface area contributed by atoms with Crippen LogP contribution >= 0.6 is 0 Å². The molecule has 21 heavy (non-hydrogen) atoms. The van der Waals surface area contributed by atoms with Crippen LogP contribution in [0.3, 0.4) is 0 Å². The number of carboxylic acids is 1. The fourth-order valence-electron chi connectivity index (χ4n) is 1.32. The third kappa shape index (κ3) is 5.07. The lowest BCUT2D eigenvalue weighted by Crippen LogP contribution is -2.46. The summed E-state index contributed by atoms with van der Waals surface area (Å²) in [5.74, 6) is -2.51. The van der Waals surface area contributed by atoms with E-state index in [0.717, 1.165) is 6.92 Å². The minimum absolute atomic E-state index is 0.356. The van der Waals surface area contributed by atoms with Crippen molar-refractivity contribution in [3.63, 3.8) is 0 Å². The highest BCUT2D eigenvalue weighted by Gasteiger charge is 2.29. The van der Waals surface area contributed by atoms with Crippen molar-refractivity contribution >= 4 is 23.9 Å². The van der Waals surface area contributed by atoms with Gasteiger partial charge >= 0.3 is 5.97 Å². The molecule has 1 unspecified atom stereocenters. The number of hydrogen-bond acceptors (Lipinski definition) is 4. The molecule has 0 bridgehead atoms. The molecule has 2 amide bonds. The summed E-state index contributed by atoms with van der Waals surface area (Å²) in [6.07, 6.45) is 2.67. The largest absolute Gasteiger partial charge is 0.479 e. The van der Waals surface area contributed by atoms with Crippen molar-refractivity contribution in [2.75, 3.05) is 6.54 Å². The molecule has 1 rings (SSSR count). The molecule has 1 aromatic carbocycles. The van der Waals surface area contributed by atoms with Gasteiger partial charge in [0, 0.05) is 11.6 Å². The van der Waals surface area contributed by atoms with E-state index in [-0.39, 0.29) is 0 Å². The number of rotatable bonds is 6. The minimum Gasteiger partial charge on any atom is -0.479 e. The Morgan fingerprint density at radius 1 is 1.29 bits per heavy atom. The van der Waals surface area contributed by atoms with Crippen molar-refractivity contribution in [1.82, 2.24) is 5.32 Å². The summed E-state index contributed by atoms with van der Waals surface area (Å²) >= 11 is 0. The molecule has 5 N–H and O–H groups in total. The van der Waals surface area contributed by atoms with Gasteiger partial charge in [0.2, 0.25) is 11.8 Å². The highest BCUT2D eigenvalue weighted by molar-refractivity contribution is 5.94. The Balaban J connectivity index is 2.58. The first-order valence-electron chi connectivity index (χ1n) is 6.04. The molecular weight excluding hydrogens is 276 g/mol. The van der Waals surface area contributed by atoms with Crippen molar-refractivity contribution in [1.29, 1.82) is 0 Å². The second kappa shape index (κ2) is 6.67. The molecule has 0 aromatic heterocycles. The Bertz CT molecular complexity index is 576. The maximum atomic E-state index is 11.5. The van der Waals surface area contributed by atoms with Gasteiger partial charge in [0.25, 0.3) is 0 Å². The lowest BCUT2D eigenvalue weighted by Gasteiger charge is -2.17. The standard InChI is InChI=1S/C14H16N2O5/c1-14(21,13(19)20)8-16-11(17)7-4-9-2-5-10(6-3-9)12(15)18/h2-7,21H,8H2,1H3,(H2,15,18)(H,16,17)(H,19,20). The molecule has 112 valence electrons. The van der Waals surface area contributed by atoms with Crippen LogP contribution in [0, 0.1) is 0 Å². The number of amides is 2. The van der Waals surface area contributed by atoms with Gasteiger partial charge in [-0.05, 0) is 30.7 Å².